The molecule has 4 aromatic rings. The summed E-state index contributed by atoms with van der Waals surface area (Å²) in [7, 11) is 0. The predicted octanol–water partition coefficient (Wildman–Crippen LogP) is 5.12. The molecule has 1 fully saturated rings. The van der Waals surface area contributed by atoms with Gasteiger partial charge in [0.05, 0.1) is 11.1 Å². The largest absolute Gasteiger partial charge is 0.416 e. The zero-order valence-corrected chi connectivity index (χ0v) is 17.1. The van der Waals surface area contributed by atoms with Crippen molar-refractivity contribution >= 4 is 27.8 Å². The minimum absolute atomic E-state index is 0.146. The maximum Gasteiger partial charge on any atom is 0.416 e. The zero-order chi connectivity index (χ0) is 23.4. The van der Waals surface area contributed by atoms with E-state index in [4.69, 9.17) is 5.73 Å². The van der Waals surface area contributed by atoms with E-state index in [9.17, 15) is 22.0 Å². The maximum atomic E-state index is 13.9. The molecule has 0 spiro atoms. The standard InChI is InChI=1S/C22H19F5N6/c23-21(24)4-3-16(28)18(6-21)32-20-31-8-11-7-29-9-15(19(11)33-20)14-10-30-17-5-12(22(25,26)27)1-2-13(14)17/h1-2,5,7-10,16,18,30H,3-4,6,28H2,(H,31,32,33)/t16-,18+/m0/s1. The van der Waals surface area contributed by atoms with Gasteiger partial charge in [-0.25, -0.2) is 18.7 Å². The second-order valence-electron chi connectivity index (χ2n) is 8.29. The number of nitrogens with two attached hydrogens (primary N) is 1. The molecule has 172 valence electrons. The van der Waals surface area contributed by atoms with E-state index in [-0.39, 0.29) is 18.8 Å². The molecule has 4 N–H and O–H groups in total. The number of anilines is 1. The Morgan fingerprint density at radius 1 is 1.12 bits per heavy atom. The summed E-state index contributed by atoms with van der Waals surface area (Å²) in [6, 6.07) is 2.31. The molecular formula is C22H19F5N6. The summed E-state index contributed by atoms with van der Waals surface area (Å²) in [5.41, 5.74) is 7.26. The van der Waals surface area contributed by atoms with Crippen LogP contribution in [0.4, 0.5) is 27.9 Å². The average molecular weight is 462 g/mol. The number of hydrogen-bond acceptors (Lipinski definition) is 5. The Hall–Kier alpha value is -3.34. The van der Waals surface area contributed by atoms with Crippen LogP contribution < -0.4 is 11.1 Å². The van der Waals surface area contributed by atoms with Crippen LogP contribution in [0.2, 0.25) is 0 Å². The number of aromatic nitrogens is 4. The van der Waals surface area contributed by atoms with Crippen LogP contribution in [0, 0.1) is 0 Å². The monoisotopic (exact) mass is 462 g/mol. The molecule has 1 aromatic carbocycles. The number of pyridine rings is 1. The van der Waals surface area contributed by atoms with Crippen molar-refractivity contribution in [1.29, 1.82) is 0 Å². The number of rotatable bonds is 3. The molecular weight excluding hydrogens is 443 g/mol. The highest BCUT2D eigenvalue weighted by molar-refractivity contribution is 6.03. The Balaban J connectivity index is 1.54. The second-order valence-corrected chi connectivity index (χ2v) is 8.29. The summed E-state index contributed by atoms with van der Waals surface area (Å²) in [6.07, 6.45) is 1.28. The van der Waals surface area contributed by atoms with Crippen molar-refractivity contribution in [2.75, 3.05) is 5.32 Å². The van der Waals surface area contributed by atoms with E-state index in [1.165, 1.54) is 12.3 Å². The summed E-state index contributed by atoms with van der Waals surface area (Å²) in [5, 5.41) is 4.10. The smallest absolute Gasteiger partial charge is 0.361 e. The molecule has 1 saturated carbocycles. The molecule has 0 bridgehead atoms. The molecule has 1 aliphatic carbocycles. The van der Waals surface area contributed by atoms with Crippen molar-refractivity contribution in [3.63, 3.8) is 0 Å². The number of aromatic amines is 1. The van der Waals surface area contributed by atoms with Crippen molar-refractivity contribution in [2.24, 2.45) is 5.73 Å². The topological polar surface area (TPSA) is 92.5 Å². The fourth-order valence-electron chi connectivity index (χ4n) is 4.22. The Kier molecular flexibility index (Phi) is 4.96. The lowest BCUT2D eigenvalue weighted by molar-refractivity contribution is -0.137. The Labute approximate surface area is 184 Å². The van der Waals surface area contributed by atoms with Gasteiger partial charge in [0.25, 0.3) is 0 Å². The Morgan fingerprint density at radius 3 is 2.73 bits per heavy atom. The summed E-state index contributed by atoms with van der Waals surface area (Å²) in [5.74, 6) is -2.66. The molecule has 0 unspecified atom stereocenters. The first-order valence-electron chi connectivity index (χ1n) is 10.3. The van der Waals surface area contributed by atoms with E-state index in [0.717, 1.165) is 12.1 Å². The molecule has 11 heteroatoms. The first-order chi connectivity index (χ1) is 15.6. The van der Waals surface area contributed by atoms with Crippen molar-refractivity contribution in [3.8, 4) is 11.1 Å². The summed E-state index contributed by atoms with van der Waals surface area (Å²) >= 11 is 0. The molecule has 3 aromatic heterocycles. The number of halogens is 5. The van der Waals surface area contributed by atoms with Gasteiger partial charge in [0.15, 0.2) is 0 Å². The third kappa shape index (κ3) is 4.08. The molecule has 0 radical (unpaired) electrons. The average Bonchev–Trinajstić information content (AvgIpc) is 3.18. The first-order valence-corrected chi connectivity index (χ1v) is 10.3. The fraction of sp³-hybridized carbons (Fsp3) is 0.318. The maximum absolute atomic E-state index is 13.9. The van der Waals surface area contributed by atoms with Crippen LogP contribution in [0.1, 0.15) is 24.8 Å². The van der Waals surface area contributed by atoms with Crippen LogP contribution in [0.15, 0.2) is 43.0 Å². The number of benzene rings is 1. The molecule has 1 aliphatic rings. The van der Waals surface area contributed by atoms with Crippen LogP contribution in [0.25, 0.3) is 32.9 Å². The molecule has 0 amide bonds. The number of hydrogen-bond donors (Lipinski definition) is 3. The lowest BCUT2D eigenvalue weighted by Crippen LogP contribution is -2.48. The van der Waals surface area contributed by atoms with Gasteiger partial charge in [-0.15, -0.1) is 0 Å². The Morgan fingerprint density at radius 2 is 1.94 bits per heavy atom. The predicted molar refractivity (Wildman–Crippen MR) is 114 cm³/mol. The molecule has 2 atom stereocenters. The van der Waals surface area contributed by atoms with Gasteiger partial charge in [-0.3, -0.25) is 4.98 Å². The van der Waals surface area contributed by atoms with E-state index in [1.54, 1.807) is 18.6 Å². The fourth-order valence-corrected chi connectivity index (χ4v) is 4.22. The normalized spacial score (nSPS) is 20.9. The third-order valence-corrected chi connectivity index (χ3v) is 5.98. The minimum Gasteiger partial charge on any atom is -0.361 e. The molecule has 0 saturated heterocycles. The molecule has 3 heterocycles. The third-order valence-electron chi connectivity index (χ3n) is 5.98. The number of nitrogens with zero attached hydrogens (tertiary/aromatic N) is 3. The highest BCUT2D eigenvalue weighted by atomic mass is 19.4. The van der Waals surface area contributed by atoms with Gasteiger partial charge in [0.1, 0.15) is 0 Å². The van der Waals surface area contributed by atoms with Gasteiger partial charge in [-0.2, -0.15) is 13.2 Å². The molecule has 33 heavy (non-hydrogen) atoms. The highest BCUT2D eigenvalue weighted by Crippen LogP contribution is 2.37. The minimum atomic E-state index is -4.45. The van der Waals surface area contributed by atoms with E-state index >= 15 is 0 Å². The molecule has 5 rings (SSSR count). The SMILES string of the molecule is N[C@H]1CCC(F)(F)C[C@H]1Nc1ncc2cncc(-c3c[nH]c4cc(C(F)(F)F)ccc34)c2n1. The quantitative estimate of drug-likeness (QED) is 0.368. The summed E-state index contributed by atoms with van der Waals surface area (Å²) in [4.78, 5) is 15.8. The van der Waals surface area contributed by atoms with Crippen molar-refractivity contribution in [2.45, 2.75) is 43.4 Å². The van der Waals surface area contributed by atoms with Gasteiger partial charge in [-0.1, -0.05) is 6.07 Å². The van der Waals surface area contributed by atoms with Gasteiger partial charge in [0.2, 0.25) is 11.9 Å². The number of alkyl halides is 5. The van der Waals surface area contributed by atoms with E-state index < -0.39 is 36.2 Å². The van der Waals surface area contributed by atoms with Crippen LogP contribution in [-0.4, -0.2) is 37.9 Å². The van der Waals surface area contributed by atoms with Gasteiger partial charge in [-0.05, 0) is 18.6 Å². The number of H-pyrrole nitrogens is 1. The van der Waals surface area contributed by atoms with E-state index in [2.05, 4.69) is 25.3 Å². The number of fused-ring (bicyclic) bond motifs is 2. The van der Waals surface area contributed by atoms with Crippen LogP contribution >= 0.6 is 0 Å². The lowest BCUT2D eigenvalue weighted by Gasteiger charge is -2.34. The molecule has 6 nitrogen and oxygen atoms in total. The molecule has 0 aliphatic heterocycles. The van der Waals surface area contributed by atoms with E-state index in [0.29, 0.717) is 32.9 Å². The Bertz CT molecular complexity index is 1330. The van der Waals surface area contributed by atoms with Gasteiger partial charge >= 0.3 is 6.18 Å². The first kappa shape index (κ1) is 21.5. The van der Waals surface area contributed by atoms with E-state index in [1.807, 2.05) is 0 Å². The lowest BCUT2D eigenvalue weighted by atomic mass is 9.88. The van der Waals surface area contributed by atoms with Crippen molar-refractivity contribution < 1.29 is 22.0 Å². The van der Waals surface area contributed by atoms with Crippen LogP contribution in [0.5, 0.6) is 0 Å². The zero-order valence-electron chi connectivity index (χ0n) is 17.1. The van der Waals surface area contributed by atoms with Gasteiger partial charge in [0, 0.05) is 77.1 Å². The number of nitrogens with one attached hydrogen (secondary N) is 2. The van der Waals surface area contributed by atoms with Crippen LogP contribution in [0.3, 0.4) is 0 Å². The summed E-state index contributed by atoms with van der Waals surface area (Å²) < 4.78 is 66.9. The second kappa shape index (κ2) is 7.62. The summed E-state index contributed by atoms with van der Waals surface area (Å²) in [6.45, 7) is 0. The van der Waals surface area contributed by atoms with Crippen molar-refractivity contribution in [3.05, 3.63) is 48.5 Å². The van der Waals surface area contributed by atoms with Gasteiger partial charge < -0.3 is 16.0 Å². The van der Waals surface area contributed by atoms with Crippen LogP contribution in [-0.2, 0) is 6.18 Å². The van der Waals surface area contributed by atoms with Crippen molar-refractivity contribution in [1.82, 2.24) is 19.9 Å². The highest BCUT2D eigenvalue weighted by Gasteiger charge is 2.40.